The second-order valence-electron chi connectivity index (χ2n) is 6.82. The van der Waals surface area contributed by atoms with Gasteiger partial charge in [0.25, 0.3) is 0 Å². The first-order chi connectivity index (χ1) is 11.2. The van der Waals surface area contributed by atoms with Crippen LogP contribution in [0, 0.1) is 0 Å². The van der Waals surface area contributed by atoms with Crippen molar-refractivity contribution in [3.05, 3.63) is 47.7 Å². The van der Waals surface area contributed by atoms with Crippen LogP contribution in [0.1, 0.15) is 34.6 Å². The van der Waals surface area contributed by atoms with Crippen molar-refractivity contribution < 1.29 is 9.53 Å². The van der Waals surface area contributed by atoms with Gasteiger partial charge in [-0.05, 0) is 46.8 Å². The van der Waals surface area contributed by atoms with Crippen molar-refractivity contribution in [2.24, 2.45) is 0 Å². The lowest BCUT2D eigenvalue weighted by molar-refractivity contribution is 0.0570. The predicted octanol–water partition coefficient (Wildman–Crippen LogP) is 5.55. The minimum Gasteiger partial charge on any atom is -0.443 e. The van der Waals surface area contributed by atoms with E-state index in [2.05, 4.69) is 4.98 Å². The van der Waals surface area contributed by atoms with Gasteiger partial charge in [-0.15, -0.1) is 0 Å². The number of pyridine rings is 1. The van der Waals surface area contributed by atoms with Crippen LogP contribution in [0.2, 0.25) is 5.02 Å². The molecule has 0 aliphatic rings. The Morgan fingerprint density at radius 3 is 2.42 bits per heavy atom. The van der Waals surface area contributed by atoms with Gasteiger partial charge in [-0.1, -0.05) is 29.8 Å². The summed E-state index contributed by atoms with van der Waals surface area (Å²) >= 11 is 6.35. The monoisotopic (exact) mass is 346 g/mol. The van der Waals surface area contributed by atoms with Gasteiger partial charge in [-0.25, -0.2) is 4.79 Å². The summed E-state index contributed by atoms with van der Waals surface area (Å²) in [7, 11) is 0. The van der Waals surface area contributed by atoms with E-state index in [9.17, 15) is 4.79 Å². The Kier molecular flexibility index (Phi) is 5.50. The van der Waals surface area contributed by atoms with Gasteiger partial charge in [0.1, 0.15) is 5.60 Å². The third-order valence-corrected chi connectivity index (χ3v) is 3.66. The summed E-state index contributed by atoms with van der Waals surface area (Å²) in [4.78, 5) is 18.5. The maximum absolute atomic E-state index is 12.7. The van der Waals surface area contributed by atoms with E-state index in [0.717, 1.165) is 11.1 Å². The summed E-state index contributed by atoms with van der Waals surface area (Å²) in [5, 5.41) is 0.623. The van der Waals surface area contributed by atoms with E-state index in [4.69, 9.17) is 16.3 Å². The molecule has 1 amide bonds. The number of carbonyl (C=O) groups excluding carboxylic acids is 1. The molecule has 0 aliphatic carbocycles. The molecule has 1 heterocycles. The quantitative estimate of drug-likeness (QED) is 0.731. The van der Waals surface area contributed by atoms with Crippen LogP contribution < -0.4 is 4.90 Å². The van der Waals surface area contributed by atoms with Crippen molar-refractivity contribution in [2.75, 3.05) is 4.90 Å². The molecule has 0 aliphatic heterocycles. The molecule has 128 valence electrons. The molecule has 1 aromatic carbocycles. The van der Waals surface area contributed by atoms with Crippen molar-refractivity contribution in [1.82, 2.24) is 4.98 Å². The van der Waals surface area contributed by atoms with Crippen LogP contribution in [0.4, 0.5) is 10.5 Å². The van der Waals surface area contributed by atoms with Gasteiger partial charge in [-0.2, -0.15) is 0 Å². The number of anilines is 1. The van der Waals surface area contributed by atoms with E-state index in [1.54, 1.807) is 17.3 Å². The van der Waals surface area contributed by atoms with Crippen molar-refractivity contribution in [3.63, 3.8) is 0 Å². The largest absolute Gasteiger partial charge is 0.443 e. The number of amides is 1. The highest BCUT2D eigenvalue weighted by atomic mass is 35.5. The number of hydrogen-bond donors (Lipinski definition) is 0. The van der Waals surface area contributed by atoms with E-state index in [0.29, 0.717) is 10.7 Å². The minimum atomic E-state index is -0.572. The topological polar surface area (TPSA) is 42.4 Å². The number of nitrogens with zero attached hydrogens (tertiary/aromatic N) is 2. The number of ether oxygens (including phenoxy) is 1. The maximum atomic E-state index is 12.7. The van der Waals surface area contributed by atoms with Gasteiger partial charge in [0, 0.05) is 28.4 Å². The number of rotatable bonds is 3. The smallest absolute Gasteiger partial charge is 0.415 e. The lowest BCUT2D eigenvalue weighted by Crippen LogP contribution is -2.41. The van der Waals surface area contributed by atoms with Crippen LogP contribution in [0.5, 0.6) is 0 Å². The molecule has 0 bridgehead atoms. The zero-order valence-electron chi connectivity index (χ0n) is 14.7. The van der Waals surface area contributed by atoms with Crippen LogP contribution >= 0.6 is 11.6 Å². The Morgan fingerprint density at radius 2 is 1.83 bits per heavy atom. The molecule has 0 saturated heterocycles. The molecule has 5 heteroatoms. The predicted molar refractivity (Wildman–Crippen MR) is 98.5 cm³/mol. The molecule has 1 aromatic heterocycles. The van der Waals surface area contributed by atoms with E-state index in [1.165, 1.54) is 0 Å². The van der Waals surface area contributed by atoms with Gasteiger partial charge in [0.15, 0.2) is 0 Å². The summed E-state index contributed by atoms with van der Waals surface area (Å²) in [6, 6.07) is 9.31. The van der Waals surface area contributed by atoms with E-state index in [-0.39, 0.29) is 6.04 Å². The van der Waals surface area contributed by atoms with Gasteiger partial charge >= 0.3 is 6.09 Å². The lowest BCUT2D eigenvalue weighted by Gasteiger charge is -2.31. The molecule has 4 nitrogen and oxygen atoms in total. The zero-order valence-corrected chi connectivity index (χ0v) is 15.5. The summed E-state index contributed by atoms with van der Waals surface area (Å²) in [6.07, 6.45) is 2.96. The van der Waals surface area contributed by atoms with Crippen molar-refractivity contribution in [2.45, 2.75) is 46.3 Å². The Morgan fingerprint density at radius 1 is 1.17 bits per heavy atom. The van der Waals surface area contributed by atoms with Crippen molar-refractivity contribution >= 4 is 23.4 Å². The van der Waals surface area contributed by atoms with Gasteiger partial charge in [0.2, 0.25) is 0 Å². The molecule has 0 fully saturated rings. The number of hydrogen-bond acceptors (Lipinski definition) is 3. The first kappa shape index (κ1) is 18.3. The third-order valence-electron chi connectivity index (χ3n) is 3.33. The SMILES string of the molecule is CC(C)N(C(=O)OC(C)(C)C)c1cnccc1-c1ccccc1Cl. The second kappa shape index (κ2) is 7.22. The first-order valence-electron chi connectivity index (χ1n) is 7.92. The van der Waals surface area contributed by atoms with E-state index >= 15 is 0 Å². The van der Waals surface area contributed by atoms with E-state index in [1.807, 2.05) is 65.0 Å². The molecule has 2 rings (SSSR count). The molecular formula is C19H23ClN2O2. The van der Waals surface area contributed by atoms with Crippen LogP contribution in [0.15, 0.2) is 42.7 Å². The molecule has 0 atom stereocenters. The number of halogens is 1. The zero-order chi connectivity index (χ0) is 17.9. The molecule has 0 N–H and O–H groups in total. The van der Waals surface area contributed by atoms with Crippen LogP contribution in [0.3, 0.4) is 0 Å². The molecule has 0 radical (unpaired) electrons. The fourth-order valence-electron chi connectivity index (χ4n) is 2.38. The summed E-state index contributed by atoms with van der Waals surface area (Å²) in [5.74, 6) is 0. The maximum Gasteiger partial charge on any atom is 0.415 e. The van der Waals surface area contributed by atoms with Crippen molar-refractivity contribution in [3.8, 4) is 11.1 Å². The summed E-state index contributed by atoms with van der Waals surface area (Å²) in [6.45, 7) is 9.42. The Bertz CT molecular complexity index is 723. The Hall–Kier alpha value is -2.07. The van der Waals surface area contributed by atoms with Crippen molar-refractivity contribution in [1.29, 1.82) is 0 Å². The molecule has 0 saturated carbocycles. The van der Waals surface area contributed by atoms with Crippen LogP contribution in [0.25, 0.3) is 11.1 Å². The Labute approximate surface area is 148 Å². The van der Waals surface area contributed by atoms with Crippen LogP contribution in [-0.2, 0) is 4.74 Å². The van der Waals surface area contributed by atoms with Gasteiger partial charge in [-0.3, -0.25) is 9.88 Å². The highest BCUT2D eigenvalue weighted by Gasteiger charge is 2.28. The molecule has 24 heavy (non-hydrogen) atoms. The molecule has 0 spiro atoms. The third kappa shape index (κ3) is 4.26. The first-order valence-corrected chi connectivity index (χ1v) is 8.29. The fraction of sp³-hybridized carbons (Fsp3) is 0.368. The average molecular weight is 347 g/mol. The van der Waals surface area contributed by atoms with Crippen LogP contribution in [-0.4, -0.2) is 22.7 Å². The number of carbonyl (C=O) groups is 1. The molecular weight excluding hydrogens is 324 g/mol. The molecule has 0 unspecified atom stereocenters. The Balaban J connectivity index is 2.53. The highest BCUT2D eigenvalue weighted by Crippen LogP contribution is 2.36. The summed E-state index contributed by atoms with van der Waals surface area (Å²) < 4.78 is 5.56. The highest BCUT2D eigenvalue weighted by molar-refractivity contribution is 6.33. The standard InChI is InChI=1S/C19H23ClN2O2/c1-13(2)22(18(23)24-19(3,4)5)17-12-21-11-10-15(17)14-8-6-7-9-16(14)20/h6-13H,1-5H3. The van der Waals surface area contributed by atoms with E-state index < -0.39 is 11.7 Å². The minimum absolute atomic E-state index is 0.0923. The molecule has 2 aromatic rings. The average Bonchev–Trinajstić information content (AvgIpc) is 2.46. The second-order valence-corrected chi connectivity index (χ2v) is 7.22. The fourth-order valence-corrected chi connectivity index (χ4v) is 2.62. The number of benzene rings is 1. The normalized spacial score (nSPS) is 11.5. The lowest BCUT2D eigenvalue weighted by atomic mass is 10.0. The summed E-state index contributed by atoms with van der Waals surface area (Å²) in [5.41, 5.74) is 1.80. The van der Waals surface area contributed by atoms with Gasteiger partial charge < -0.3 is 4.74 Å². The van der Waals surface area contributed by atoms with Gasteiger partial charge in [0.05, 0.1) is 11.9 Å². The number of aromatic nitrogens is 1.